The first-order valence-corrected chi connectivity index (χ1v) is 3.87. The Balaban J connectivity index is 4.44. The van der Waals surface area contributed by atoms with Crippen LogP contribution < -0.4 is 0 Å². The zero-order chi connectivity index (χ0) is 11.0. The van der Waals surface area contributed by atoms with Crippen molar-refractivity contribution in [3.05, 3.63) is 25.3 Å². The monoisotopic (exact) mass is 193 g/mol. The highest BCUT2D eigenvalue weighted by Crippen LogP contribution is 1.89. The molecule has 14 heavy (non-hydrogen) atoms. The molecule has 0 radical (unpaired) electrons. The first-order chi connectivity index (χ1) is 6.61. The minimum absolute atomic E-state index is 0.319. The Morgan fingerprint density at radius 3 is 2.07 bits per heavy atom. The third kappa shape index (κ3) is 4.78. The molecule has 0 saturated heterocycles. The Hall–Kier alpha value is -2.02. The van der Waals surface area contributed by atoms with E-state index in [4.69, 9.17) is 5.11 Å². The number of amides is 1. The van der Waals surface area contributed by atoms with Crippen LogP contribution in [0.3, 0.4) is 0 Å². The van der Waals surface area contributed by atoms with Crippen LogP contribution in [-0.4, -0.2) is 35.0 Å². The van der Waals surface area contributed by atoms with Gasteiger partial charge in [0.15, 0.2) is 0 Å². The third-order valence-electron chi connectivity index (χ3n) is 1.26. The standard InChI is InChI=1S/C10H11NO3/c1-3-7-11(8-4-2)9(12)5-6-10(13)14/h3-4H,1-2,7-8H2,(H,13,14). The summed E-state index contributed by atoms with van der Waals surface area (Å²) in [6, 6.07) is 0. The molecule has 1 N–H and O–H groups in total. The van der Waals surface area contributed by atoms with E-state index in [1.165, 1.54) is 17.1 Å². The lowest BCUT2D eigenvalue weighted by Gasteiger charge is -2.14. The van der Waals surface area contributed by atoms with Crippen LogP contribution in [0.5, 0.6) is 0 Å². The number of carbonyl (C=O) groups is 2. The number of nitrogens with zero attached hydrogens (tertiary/aromatic N) is 1. The number of hydrogen-bond donors (Lipinski definition) is 1. The maximum atomic E-state index is 11.2. The lowest BCUT2D eigenvalue weighted by Crippen LogP contribution is -2.30. The summed E-state index contributed by atoms with van der Waals surface area (Å²) in [5, 5.41) is 8.22. The minimum Gasteiger partial charge on any atom is -0.472 e. The molecule has 0 spiro atoms. The average molecular weight is 193 g/mol. The van der Waals surface area contributed by atoms with Gasteiger partial charge in [0.25, 0.3) is 5.91 Å². The van der Waals surface area contributed by atoms with E-state index in [2.05, 4.69) is 13.2 Å². The van der Waals surface area contributed by atoms with Crippen LogP contribution in [0, 0.1) is 11.8 Å². The molecule has 0 aliphatic rings. The van der Waals surface area contributed by atoms with Crippen molar-refractivity contribution in [2.75, 3.05) is 13.1 Å². The number of carboxylic acid groups (broad SMARTS) is 1. The summed E-state index contributed by atoms with van der Waals surface area (Å²) in [4.78, 5) is 22.6. The fourth-order valence-electron chi connectivity index (χ4n) is 0.738. The van der Waals surface area contributed by atoms with Gasteiger partial charge in [-0.05, 0) is 0 Å². The van der Waals surface area contributed by atoms with Gasteiger partial charge >= 0.3 is 5.97 Å². The molecule has 0 unspecified atom stereocenters. The second-order valence-electron chi connectivity index (χ2n) is 2.34. The van der Waals surface area contributed by atoms with Crippen LogP contribution in [0.15, 0.2) is 25.3 Å². The molecule has 1 amide bonds. The second kappa shape index (κ2) is 6.49. The second-order valence-corrected chi connectivity index (χ2v) is 2.34. The molecule has 0 rings (SSSR count). The molecule has 0 atom stereocenters. The van der Waals surface area contributed by atoms with Crippen LogP contribution in [0.25, 0.3) is 0 Å². The van der Waals surface area contributed by atoms with Crippen LogP contribution in [0.4, 0.5) is 0 Å². The van der Waals surface area contributed by atoms with Gasteiger partial charge in [0.2, 0.25) is 0 Å². The number of hydrogen-bond acceptors (Lipinski definition) is 2. The lowest BCUT2D eigenvalue weighted by molar-refractivity contribution is -0.131. The van der Waals surface area contributed by atoms with Crippen molar-refractivity contribution in [1.29, 1.82) is 0 Å². The summed E-state index contributed by atoms with van der Waals surface area (Å²) >= 11 is 0. The fraction of sp³-hybridized carbons (Fsp3) is 0.200. The zero-order valence-corrected chi connectivity index (χ0v) is 7.69. The molecule has 0 fully saturated rings. The summed E-state index contributed by atoms with van der Waals surface area (Å²) in [6.45, 7) is 7.57. The molecule has 0 bridgehead atoms. The first-order valence-electron chi connectivity index (χ1n) is 3.87. The molecule has 0 saturated carbocycles. The van der Waals surface area contributed by atoms with Crippen molar-refractivity contribution in [1.82, 2.24) is 4.90 Å². The van der Waals surface area contributed by atoms with E-state index in [1.807, 2.05) is 5.92 Å². The highest BCUT2D eigenvalue weighted by molar-refractivity contribution is 6.00. The summed E-state index contributed by atoms with van der Waals surface area (Å²) in [6.07, 6.45) is 3.06. The number of aliphatic carboxylic acids is 1. The van der Waals surface area contributed by atoms with Gasteiger partial charge in [-0.25, -0.2) is 4.79 Å². The van der Waals surface area contributed by atoms with Crippen molar-refractivity contribution in [3.63, 3.8) is 0 Å². The highest BCUT2D eigenvalue weighted by atomic mass is 16.4. The smallest absolute Gasteiger partial charge is 0.382 e. The van der Waals surface area contributed by atoms with E-state index in [9.17, 15) is 9.59 Å². The van der Waals surface area contributed by atoms with Crippen molar-refractivity contribution in [3.8, 4) is 11.8 Å². The van der Waals surface area contributed by atoms with Crippen molar-refractivity contribution in [2.45, 2.75) is 0 Å². The number of rotatable bonds is 4. The zero-order valence-electron chi connectivity index (χ0n) is 7.69. The van der Waals surface area contributed by atoms with Gasteiger partial charge in [-0.1, -0.05) is 12.2 Å². The van der Waals surface area contributed by atoms with Gasteiger partial charge in [0.05, 0.1) is 0 Å². The van der Waals surface area contributed by atoms with Crippen molar-refractivity contribution < 1.29 is 14.7 Å². The van der Waals surface area contributed by atoms with Gasteiger partial charge in [0.1, 0.15) is 0 Å². The van der Waals surface area contributed by atoms with Crippen LogP contribution in [0.1, 0.15) is 0 Å². The molecular weight excluding hydrogens is 182 g/mol. The largest absolute Gasteiger partial charge is 0.472 e. The van der Waals surface area contributed by atoms with E-state index in [0.29, 0.717) is 13.1 Å². The van der Waals surface area contributed by atoms with Gasteiger partial charge in [-0.15, -0.1) is 13.2 Å². The molecule has 4 heteroatoms. The normalized spacial score (nSPS) is 8.00. The molecule has 0 aromatic rings. The lowest BCUT2D eigenvalue weighted by atomic mass is 10.4. The number of carboxylic acids is 1. The molecule has 74 valence electrons. The van der Waals surface area contributed by atoms with Gasteiger partial charge in [0, 0.05) is 24.9 Å². The van der Waals surface area contributed by atoms with E-state index < -0.39 is 11.9 Å². The molecule has 4 nitrogen and oxygen atoms in total. The summed E-state index contributed by atoms with van der Waals surface area (Å²) < 4.78 is 0. The topological polar surface area (TPSA) is 57.6 Å². The maximum absolute atomic E-state index is 11.2. The maximum Gasteiger partial charge on any atom is 0.382 e. The molecular formula is C10H11NO3. The highest BCUT2D eigenvalue weighted by Gasteiger charge is 2.06. The Labute approximate surface area is 82.5 Å². The van der Waals surface area contributed by atoms with Crippen LogP contribution in [-0.2, 0) is 9.59 Å². The quantitative estimate of drug-likeness (QED) is 0.515. The first kappa shape index (κ1) is 12.0. The van der Waals surface area contributed by atoms with Crippen molar-refractivity contribution >= 4 is 11.9 Å². The van der Waals surface area contributed by atoms with E-state index >= 15 is 0 Å². The molecule has 0 aromatic carbocycles. The Morgan fingerprint density at radius 1 is 1.21 bits per heavy atom. The summed E-state index contributed by atoms with van der Waals surface area (Å²) in [7, 11) is 0. The molecule has 0 aliphatic carbocycles. The Kier molecular flexibility index (Phi) is 5.55. The Bertz CT molecular complexity index is 299. The van der Waals surface area contributed by atoms with Crippen LogP contribution in [0.2, 0.25) is 0 Å². The molecule has 0 aliphatic heterocycles. The average Bonchev–Trinajstić information content (AvgIpc) is 2.14. The fourth-order valence-corrected chi connectivity index (χ4v) is 0.738. The van der Waals surface area contributed by atoms with Gasteiger partial charge < -0.3 is 10.0 Å². The van der Waals surface area contributed by atoms with Gasteiger partial charge in [-0.2, -0.15) is 0 Å². The minimum atomic E-state index is -1.32. The molecule has 0 aromatic heterocycles. The Morgan fingerprint density at radius 2 is 1.71 bits per heavy atom. The van der Waals surface area contributed by atoms with Gasteiger partial charge in [-0.3, -0.25) is 4.79 Å². The van der Waals surface area contributed by atoms with E-state index in [-0.39, 0.29) is 0 Å². The van der Waals surface area contributed by atoms with E-state index in [1.54, 1.807) is 5.92 Å². The van der Waals surface area contributed by atoms with Crippen LogP contribution >= 0.6 is 0 Å². The summed E-state index contributed by atoms with van der Waals surface area (Å²) in [5.41, 5.74) is 0. The SMILES string of the molecule is C=CCN(CC=C)C(=O)C#CC(=O)O. The van der Waals surface area contributed by atoms with E-state index in [0.717, 1.165) is 0 Å². The molecule has 0 heterocycles. The predicted octanol–water partition coefficient (Wildman–Crippen LogP) is 0.275. The summed E-state index contributed by atoms with van der Waals surface area (Å²) in [5.74, 6) is 1.87. The number of carbonyl (C=O) groups excluding carboxylic acids is 1. The third-order valence-corrected chi connectivity index (χ3v) is 1.26. The predicted molar refractivity (Wildman–Crippen MR) is 52.4 cm³/mol. The van der Waals surface area contributed by atoms with Crippen molar-refractivity contribution in [2.24, 2.45) is 0 Å².